The zero-order valence-corrected chi connectivity index (χ0v) is 16.7. The number of benzene rings is 2. The molecular weight excluding hydrogens is 355 g/mol. The molecule has 0 unspecified atom stereocenters. The molecule has 0 aromatic heterocycles. The normalized spacial score (nSPS) is 15.3. The fourth-order valence-electron chi connectivity index (χ4n) is 4.30. The third-order valence-corrected chi connectivity index (χ3v) is 5.62. The van der Waals surface area contributed by atoms with Gasteiger partial charge >= 0.3 is 0 Å². The summed E-state index contributed by atoms with van der Waals surface area (Å²) in [6.45, 7) is 5.80. The van der Waals surface area contributed by atoms with Crippen LogP contribution >= 0.6 is 0 Å². The summed E-state index contributed by atoms with van der Waals surface area (Å²) in [5.74, 6) is -0.821. The van der Waals surface area contributed by atoms with E-state index in [1.54, 1.807) is 12.1 Å². The first kappa shape index (κ1) is 20.1. The molecule has 2 N–H and O–H groups in total. The highest BCUT2D eigenvalue weighted by atomic mass is 19.1. The number of rotatable bonds is 5. The molecule has 2 aromatic carbocycles. The fraction of sp³-hybridized carbons (Fsp3) is 0.391. The first-order chi connectivity index (χ1) is 13.3. The van der Waals surface area contributed by atoms with Crippen molar-refractivity contribution in [2.45, 2.75) is 51.9 Å². The van der Waals surface area contributed by atoms with Crippen LogP contribution in [0.1, 0.15) is 47.9 Å². The summed E-state index contributed by atoms with van der Waals surface area (Å²) in [6, 6.07) is 10.3. The topological polar surface area (TPSA) is 58.2 Å². The van der Waals surface area contributed by atoms with Gasteiger partial charge in [-0.05, 0) is 62.4 Å². The van der Waals surface area contributed by atoms with Gasteiger partial charge in [0.1, 0.15) is 5.82 Å². The van der Waals surface area contributed by atoms with Crippen LogP contribution in [-0.4, -0.2) is 18.4 Å². The molecule has 0 saturated heterocycles. The van der Waals surface area contributed by atoms with Crippen LogP contribution in [0.25, 0.3) is 0 Å². The average Bonchev–Trinajstić information content (AvgIpc) is 3.14. The molecule has 148 valence electrons. The van der Waals surface area contributed by atoms with Crippen LogP contribution in [-0.2, 0) is 15.0 Å². The van der Waals surface area contributed by atoms with Crippen molar-refractivity contribution in [2.24, 2.45) is 0 Å². The molecule has 1 aliphatic carbocycles. The summed E-state index contributed by atoms with van der Waals surface area (Å²) in [4.78, 5) is 25.4. The van der Waals surface area contributed by atoms with E-state index in [1.807, 2.05) is 32.9 Å². The van der Waals surface area contributed by atoms with Gasteiger partial charge in [-0.3, -0.25) is 9.59 Å². The molecule has 1 aliphatic rings. The Hall–Kier alpha value is -2.69. The van der Waals surface area contributed by atoms with E-state index >= 15 is 0 Å². The largest absolute Gasteiger partial charge is 0.346 e. The van der Waals surface area contributed by atoms with Gasteiger partial charge in [-0.15, -0.1) is 0 Å². The van der Waals surface area contributed by atoms with E-state index in [-0.39, 0.29) is 24.2 Å². The van der Waals surface area contributed by atoms with Crippen molar-refractivity contribution in [3.05, 3.63) is 64.5 Å². The minimum atomic E-state index is -0.752. The minimum absolute atomic E-state index is 0.108. The highest BCUT2D eigenvalue weighted by molar-refractivity contribution is 5.97. The third-order valence-electron chi connectivity index (χ3n) is 5.62. The van der Waals surface area contributed by atoms with Gasteiger partial charge in [0.05, 0.1) is 12.0 Å². The Bertz CT molecular complexity index is 878. The van der Waals surface area contributed by atoms with E-state index in [4.69, 9.17) is 0 Å². The van der Waals surface area contributed by atoms with Crippen LogP contribution in [0.5, 0.6) is 0 Å². The molecule has 5 heteroatoms. The Labute approximate surface area is 165 Å². The number of nitrogens with one attached hydrogen (secondary N) is 2. The lowest BCUT2D eigenvalue weighted by molar-refractivity contribution is -0.128. The maximum Gasteiger partial charge on any atom is 0.243 e. The lowest BCUT2D eigenvalue weighted by Gasteiger charge is -2.28. The number of hydrogen-bond donors (Lipinski definition) is 2. The van der Waals surface area contributed by atoms with Crippen LogP contribution in [0.4, 0.5) is 10.1 Å². The molecule has 0 radical (unpaired) electrons. The van der Waals surface area contributed by atoms with Crippen LogP contribution in [0.3, 0.4) is 0 Å². The molecule has 0 spiro atoms. The molecule has 0 bridgehead atoms. The van der Waals surface area contributed by atoms with Gasteiger partial charge < -0.3 is 10.6 Å². The maximum atomic E-state index is 13.7. The highest BCUT2D eigenvalue weighted by Gasteiger charge is 2.42. The van der Waals surface area contributed by atoms with Crippen molar-refractivity contribution in [1.29, 1.82) is 0 Å². The van der Waals surface area contributed by atoms with E-state index in [2.05, 4.69) is 10.6 Å². The number of halogens is 1. The summed E-state index contributed by atoms with van der Waals surface area (Å²) in [5, 5.41) is 5.68. The Morgan fingerprint density at radius 3 is 2.29 bits per heavy atom. The standard InChI is InChI=1S/C23H27FN2O2/c1-15-11-16(2)21(17(3)12-15)26-20(27)14-25-22(28)23(9-4-5-10-23)18-7-6-8-19(24)13-18/h6-8,11-13H,4-5,9-10,14H2,1-3H3,(H,25,28)(H,26,27). The predicted molar refractivity (Wildman–Crippen MR) is 109 cm³/mol. The zero-order chi connectivity index (χ0) is 20.3. The second-order valence-electron chi connectivity index (χ2n) is 7.80. The van der Waals surface area contributed by atoms with Gasteiger partial charge in [-0.1, -0.05) is 42.7 Å². The van der Waals surface area contributed by atoms with E-state index in [9.17, 15) is 14.0 Å². The minimum Gasteiger partial charge on any atom is -0.346 e. The number of anilines is 1. The average molecular weight is 382 g/mol. The van der Waals surface area contributed by atoms with Crippen LogP contribution in [0.15, 0.2) is 36.4 Å². The molecule has 0 atom stereocenters. The molecule has 4 nitrogen and oxygen atoms in total. The van der Waals surface area contributed by atoms with Gasteiger partial charge in [0.25, 0.3) is 0 Å². The maximum absolute atomic E-state index is 13.7. The molecular formula is C23H27FN2O2. The van der Waals surface area contributed by atoms with Crippen LogP contribution < -0.4 is 10.6 Å². The second-order valence-corrected chi connectivity index (χ2v) is 7.80. The van der Waals surface area contributed by atoms with Crippen molar-refractivity contribution in [2.75, 3.05) is 11.9 Å². The van der Waals surface area contributed by atoms with Crippen molar-refractivity contribution in [3.63, 3.8) is 0 Å². The van der Waals surface area contributed by atoms with Gasteiger partial charge in [0, 0.05) is 5.69 Å². The number of aryl methyl sites for hydroxylation is 3. The summed E-state index contributed by atoms with van der Waals surface area (Å²) in [7, 11) is 0. The van der Waals surface area contributed by atoms with Crippen molar-refractivity contribution >= 4 is 17.5 Å². The van der Waals surface area contributed by atoms with E-state index in [0.717, 1.165) is 35.2 Å². The van der Waals surface area contributed by atoms with E-state index in [0.29, 0.717) is 18.4 Å². The van der Waals surface area contributed by atoms with Crippen molar-refractivity contribution < 1.29 is 14.0 Å². The summed E-state index contributed by atoms with van der Waals surface area (Å²) in [6.07, 6.45) is 3.16. The number of amides is 2. The Kier molecular flexibility index (Phi) is 5.82. The summed E-state index contributed by atoms with van der Waals surface area (Å²) < 4.78 is 13.7. The summed E-state index contributed by atoms with van der Waals surface area (Å²) in [5.41, 5.74) is 3.84. The van der Waals surface area contributed by atoms with Crippen molar-refractivity contribution in [3.8, 4) is 0 Å². The lowest BCUT2D eigenvalue weighted by atomic mass is 9.78. The molecule has 0 aliphatic heterocycles. The zero-order valence-electron chi connectivity index (χ0n) is 16.7. The highest BCUT2D eigenvalue weighted by Crippen LogP contribution is 2.41. The summed E-state index contributed by atoms with van der Waals surface area (Å²) >= 11 is 0. The van der Waals surface area contributed by atoms with Crippen molar-refractivity contribution in [1.82, 2.24) is 5.32 Å². The third kappa shape index (κ3) is 4.08. The first-order valence-electron chi connectivity index (χ1n) is 9.74. The first-order valence-corrected chi connectivity index (χ1v) is 9.74. The molecule has 1 saturated carbocycles. The Morgan fingerprint density at radius 2 is 1.68 bits per heavy atom. The SMILES string of the molecule is Cc1cc(C)c(NC(=O)CNC(=O)C2(c3cccc(F)c3)CCCC2)c(C)c1. The van der Waals surface area contributed by atoms with E-state index < -0.39 is 5.41 Å². The molecule has 28 heavy (non-hydrogen) atoms. The molecule has 2 aromatic rings. The monoisotopic (exact) mass is 382 g/mol. The van der Waals surface area contributed by atoms with Crippen LogP contribution in [0.2, 0.25) is 0 Å². The van der Waals surface area contributed by atoms with E-state index in [1.165, 1.54) is 12.1 Å². The fourth-order valence-corrected chi connectivity index (χ4v) is 4.30. The number of carbonyl (C=O) groups is 2. The molecule has 2 amide bonds. The number of hydrogen-bond acceptors (Lipinski definition) is 2. The smallest absolute Gasteiger partial charge is 0.243 e. The van der Waals surface area contributed by atoms with Gasteiger partial charge in [-0.2, -0.15) is 0 Å². The predicted octanol–water partition coefficient (Wildman–Crippen LogP) is 4.32. The van der Waals surface area contributed by atoms with Gasteiger partial charge in [0.2, 0.25) is 11.8 Å². The molecule has 3 rings (SSSR count). The van der Waals surface area contributed by atoms with Gasteiger partial charge in [0.15, 0.2) is 0 Å². The Morgan fingerprint density at radius 1 is 1.04 bits per heavy atom. The molecule has 1 fully saturated rings. The Balaban J connectivity index is 1.69. The second kappa shape index (κ2) is 8.13. The lowest BCUT2D eigenvalue weighted by Crippen LogP contribution is -2.45. The van der Waals surface area contributed by atoms with Crippen LogP contribution in [0, 0.1) is 26.6 Å². The van der Waals surface area contributed by atoms with Gasteiger partial charge in [-0.25, -0.2) is 4.39 Å². The number of carbonyl (C=O) groups excluding carboxylic acids is 2. The molecule has 0 heterocycles. The quantitative estimate of drug-likeness (QED) is 0.809.